The van der Waals surface area contributed by atoms with Gasteiger partial charge in [0.05, 0.1) is 10.7 Å². The molecule has 0 fully saturated rings. The van der Waals surface area contributed by atoms with Crippen LogP contribution >= 0.6 is 11.6 Å². The first kappa shape index (κ1) is 10.5. The van der Waals surface area contributed by atoms with Crippen molar-refractivity contribution in [2.45, 2.75) is 0 Å². The summed E-state index contributed by atoms with van der Waals surface area (Å²) in [6.45, 7) is 0. The van der Waals surface area contributed by atoms with Gasteiger partial charge in [-0.05, 0) is 12.1 Å². The lowest BCUT2D eigenvalue weighted by molar-refractivity contribution is -0.135. The number of hydrogen-bond donors (Lipinski definition) is 2. The number of primary amides is 1. The van der Waals surface area contributed by atoms with Crippen LogP contribution in [0.2, 0.25) is 5.02 Å². The average Bonchev–Trinajstić information content (AvgIpc) is 2.16. The molecule has 0 aromatic heterocycles. The molecule has 2 amide bonds. The summed E-state index contributed by atoms with van der Waals surface area (Å²) in [7, 11) is 0. The summed E-state index contributed by atoms with van der Waals surface area (Å²) < 4.78 is 0. The molecule has 0 spiro atoms. The summed E-state index contributed by atoms with van der Waals surface area (Å²) in [5.74, 6) is 3.19. The van der Waals surface area contributed by atoms with E-state index in [2.05, 4.69) is 0 Å². The molecule has 1 rings (SSSR count). The standard InChI is InChI=1S/C8H8ClN3O2/c9-5-3-1-2-4-6(5)12(11)8(14)7(10)13/h1-4H,11H2,(H2,10,13). The number of hydrazine groups is 1. The zero-order valence-electron chi connectivity index (χ0n) is 7.11. The zero-order chi connectivity index (χ0) is 10.7. The molecule has 74 valence electrons. The molecule has 0 unspecified atom stereocenters. The topological polar surface area (TPSA) is 89.4 Å². The van der Waals surface area contributed by atoms with E-state index in [4.69, 9.17) is 23.2 Å². The Morgan fingerprint density at radius 1 is 1.29 bits per heavy atom. The molecule has 6 heteroatoms. The minimum atomic E-state index is -1.13. The van der Waals surface area contributed by atoms with Crippen LogP contribution < -0.4 is 16.6 Å². The molecule has 4 N–H and O–H groups in total. The predicted molar refractivity (Wildman–Crippen MR) is 52.3 cm³/mol. The Labute approximate surface area is 85.2 Å². The van der Waals surface area contributed by atoms with Crippen LogP contribution in [0.25, 0.3) is 0 Å². The van der Waals surface area contributed by atoms with Crippen LogP contribution in [-0.2, 0) is 9.59 Å². The van der Waals surface area contributed by atoms with E-state index in [-0.39, 0.29) is 10.7 Å². The number of benzene rings is 1. The maximum atomic E-state index is 11.1. The predicted octanol–water partition coefficient (Wildman–Crippen LogP) is 0.0320. The normalized spacial score (nSPS) is 9.57. The Hall–Kier alpha value is -1.59. The Kier molecular flexibility index (Phi) is 3.06. The van der Waals surface area contributed by atoms with E-state index in [1.807, 2.05) is 0 Å². The van der Waals surface area contributed by atoms with Crippen LogP contribution in [0.4, 0.5) is 5.69 Å². The second-order valence-electron chi connectivity index (χ2n) is 2.49. The Morgan fingerprint density at radius 3 is 2.36 bits per heavy atom. The van der Waals surface area contributed by atoms with Crippen LogP contribution in [-0.4, -0.2) is 11.8 Å². The van der Waals surface area contributed by atoms with Gasteiger partial charge < -0.3 is 5.73 Å². The third-order valence-electron chi connectivity index (χ3n) is 1.54. The Balaban J connectivity index is 3.01. The maximum Gasteiger partial charge on any atom is 0.330 e. The molecule has 0 saturated carbocycles. The number of carbonyl (C=O) groups is 2. The fourth-order valence-electron chi connectivity index (χ4n) is 0.875. The molecule has 0 saturated heterocycles. The van der Waals surface area contributed by atoms with E-state index >= 15 is 0 Å². The number of nitrogens with zero attached hydrogens (tertiary/aromatic N) is 1. The summed E-state index contributed by atoms with van der Waals surface area (Å²) >= 11 is 5.74. The molecule has 14 heavy (non-hydrogen) atoms. The molecule has 0 bridgehead atoms. The van der Waals surface area contributed by atoms with E-state index in [1.54, 1.807) is 18.2 Å². The maximum absolute atomic E-state index is 11.1. The smallest absolute Gasteiger partial charge is 0.330 e. The van der Waals surface area contributed by atoms with Gasteiger partial charge in [-0.3, -0.25) is 9.59 Å². The van der Waals surface area contributed by atoms with Gasteiger partial charge in [-0.15, -0.1) is 0 Å². The number of carbonyl (C=O) groups excluding carboxylic acids is 2. The van der Waals surface area contributed by atoms with Crippen LogP contribution in [0.3, 0.4) is 0 Å². The molecular formula is C8H8ClN3O2. The molecular weight excluding hydrogens is 206 g/mol. The Bertz CT molecular complexity index is 381. The summed E-state index contributed by atoms with van der Waals surface area (Å²) in [6, 6.07) is 6.36. The van der Waals surface area contributed by atoms with Gasteiger partial charge >= 0.3 is 11.8 Å². The van der Waals surface area contributed by atoms with Crippen molar-refractivity contribution in [2.75, 3.05) is 5.01 Å². The minimum absolute atomic E-state index is 0.234. The molecule has 5 nitrogen and oxygen atoms in total. The molecule has 1 aromatic rings. The number of amides is 2. The van der Waals surface area contributed by atoms with Crippen LogP contribution in [0.5, 0.6) is 0 Å². The third kappa shape index (κ3) is 2.01. The van der Waals surface area contributed by atoms with Crippen molar-refractivity contribution >= 4 is 29.1 Å². The highest BCUT2D eigenvalue weighted by Crippen LogP contribution is 2.22. The first-order chi connectivity index (χ1) is 6.54. The van der Waals surface area contributed by atoms with Crippen molar-refractivity contribution in [2.24, 2.45) is 11.6 Å². The average molecular weight is 214 g/mol. The number of halogens is 1. The van der Waals surface area contributed by atoms with Crippen molar-refractivity contribution < 1.29 is 9.59 Å². The molecule has 0 aliphatic carbocycles. The van der Waals surface area contributed by atoms with Gasteiger partial charge in [-0.1, -0.05) is 23.7 Å². The minimum Gasteiger partial charge on any atom is -0.361 e. The highest BCUT2D eigenvalue weighted by atomic mass is 35.5. The van der Waals surface area contributed by atoms with Crippen molar-refractivity contribution in [1.82, 2.24) is 0 Å². The van der Waals surface area contributed by atoms with Gasteiger partial charge in [0, 0.05) is 0 Å². The Morgan fingerprint density at radius 2 is 1.86 bits per heavy atom. The van der Waals surface area contributed by atoms with Crippen LogP contribution in [0, 0.1) is 0 Å². The number of para-hydroxylation sites is 1. The van der Waals surface area contributed by atoms with Crippen LogP contribution in [0.15, 0.2) is 24.3 Å². The third-order valence-corrected chi connectivity index (χ3v) is 1.86. The second kappa shape index (κ2) is 4.08. The van der Waals surface area contributed by atoms with Crippen molar-refractivity contribution in [3.63, 3.8) is 0 Å². The monoisotopic (exact) mass is 213 g/mol. The number of nitrogens with two attached hydrogens (primary N) is 2. The second-order valence-corrected chi connectivity index (χ2v) is 2.90. The van der Waals surface area contributed by atoms with Gasteiger partial charge in [-0.2, -0.15) is 0 Å². The van der Waals surface area contributed by atoms with E-state index in [0.717, 1.165) is 0 Å². The number of anilines is 1. The molecule has 0 heterocycles. The first-order valence-electron chi connectivity index (χ1n) is 3.67. The summed E-state index contributed by atoms with van der Waals surface area (Å²) in [5.41, 5.74) is 5.01. The molecule has 0 aliphatic rings. The quantitative estimate of drug-likeness (QED) is 0.299. The van der Waals surface area contributed by atoms with E-state index in [9.17, 15) is 9.59 Å². The van der Waals surface area contributed by atoms with Crippen LogP contribution in [0.1, 0.15) is 0 Å². The zero-order valence-corrected chi connectivity index (χ0v) is 7.86. The summed E-state index contributed by atoms with van der Waals surface area (Å²) in [5, 5.41) is 0.884. The van der Waals surface area contributed by atoms with Crippen molar-refractivity contribution in [3.05, 3.63) is 29.3 Å². The molecule has 0 atom stereocenters. The summed E-state index contributed by atoms with van der Waals surface area (Å²) in [6.07, 6.45) is 0. The van der Waals surface area contributed by atoms with Gasteiger partial charge in [0.25, 0.3) is 0 Å². The van der Waals surface area contributed by atoms with Gasteiger partial charge in [0.1, 0.15) is 0 Å². The van der Waals surface area contributed by atoms with E-state index < -0.39 is 11.8 Å². The van der Waals surface area contributed by atoms with Crippen molar-refractivity contribution in [3.8, 4) is 0 Å². The lowest BCUT2D eigenvalue weighted by Crippen LogP contribution is -2.45. The highest BCUT2D eigenvalue weighted by Gasteiger charge is 2.18. The summed E-state index contributed by atoms with van der Waals surface area (Å²) in [4.78, 5) is 21.6. The van der Waals surface area contributed by atoms with Gasteiger partial charge in [0.2, 0.25) is 0 Å². The van der Waals surface area contributed by atoms with E-state index in [0.29, 0.717) is 5.01 Å². The SMILES string of the molecule is NC(=O)C(=O)N(N)c1ccccc1Cl. The number of hydrogen-bond acceptors (Lipinski definition) is 3. The van der Waals surface area contributed by atoms with Crippen molar-refractivity contribution in [1.29, 1.82) is 0 Å². The largest absolute Gasteiger partial charge is 0.361 e. The fraction of sp³-hybridized carbons (Fsp3) is 0. The van der Waals surface area contributed by atoms with E-state index in [1.165, 1.54) is 6.07 Å². The highest BCUT2D eigenvalue weighted by molar-refractivity contribution is 6.41. The molecule has 0 radical (unpaired) electrons. The first-order valence-corrected chi connectivity index (χ1v) is 4.05. The number of rotatable bonds is 1. The molecule has 0 aliphatic heterocycles. The fourth-order valence-corrected chi connectivity index (χ4v) is 1.10. The molecule has 1 aromatic carbocycles. The van der Waals surface area contributed by atoms with Gasteiger partial charge in [-0.25, -0.2) is 10.9 Å². The lowest BCUT2D eigenvalue weighted by Gasteiger charge is -2.15. The lowest BCUT2D eigenvalue weighted by atomic mass is 10.3. The van der Waals surface area contributed by atoms with Gasteiger partial charge in [0.15, 0.2) is 0 Å².